The second-order valence-electron chi connectivity index (χ2n) is 18.1. The maximum Gasteiger partial charge on any atom is 0.0714 e. The summed E-state index contributed by atoms with van der Waals surface area (Å²) in [6, 6.07) is 102. The molecule has 0 radical (unpaired) electrons. The maximum absolute atomic E-state index is 2.47. The Morgan fingerprint density at radius 1 is 0.275 bits per heavy atom. The minimum absolute atomic E-state index is 0.491. The molecule has 0 fully saturated rings. The molecule has 13 rings (SSSR count). The van der Waals surface area contributed by atoms with Gasteiger partial charge in [0.05, 0.1) is 16.4 Å². The van der Waals surface area contributed by atoms with Crippen molar-refractivity contribution in [3.8, 4) is 50.2 Å². The molecule has 324 valence electrons. The van der Waals surface area contributed by atoms with E-state index in [-0.39, 0.29) is 0 Å². The number of fused-ring (bicyclic) bond motifs is 6. The molecule has 69 heavy (non-hydrogen) atoms. The molecule has 0 saturated carbocycles. The summed E-state index contributed by atoms with van der Waals surface area (Å²) in [4.78, 5) is 2.35. The number of hydrogen-bond acceptors (Lipinski definition) is 1. The summed E-state index contributed by atoms with van der Waals surface area (Å²) in [6.07, 6.45) is 0. The molecule has 0 saturated heterocycles. The van der Waals surface area contributed by atoms with E-state index in [9.17, 15) is 0 Å². The van der Waals surface area contributed by atoms with E-state index in [1.807, 2.05) is 0 Å². The highest BCUT2D eigenvalue weighted by Gasteiger charge is 2.46. The first kappa shape index (κ1) is 40.3. The zero-order chi connectivity index (χ0) is 45.7. The summed E-state index contributed by atoms with van der Waals surface area (Å²) in [5.74, 6) is 0. The minimum atomic E-state index is -0.491. The van der Waals surface area contributed by atoms with Gasteiger partial charge < -0.3 is 9.47 Å². The van der Waals surface area contributed by atoms with Crippen LogP contribution in [0.15, 0.2) is 279 Å². The highest BCUT2D eigenvalue weighted by molar-refractivity contribution is 6.11. The van der Waals surface area contributed by atoms with Crippen molar-refractivity contribution in [3.63, 3.8) is 0 Å². The Bertz CT molecular complexity index is 3650. The molecule has 0 spiro atoms. The summed E-state index contributed by atoms with van der Waals surface area (Å²) in [7, 11) is 0. The molecular formula is C67H46N2. The Balaban J connectivity index is 0.931. The molecule has 0 amide bonds. The van der Waals surface area contributed by atoms with Crippen molar-refractivity contribution < 1.29 is 0 Å². The van der Waals surface area contributed by atoms with Crippen LogP contribution in [0.3, 0.4) is 0 Å². The van der Waals surface area contributed by atoms with E-state index in [0.717, 1.165) is 22.7 Å². The lowest BCUT2D eigenvalue weighted by atomic mass is 9.67. The topological polar surface area (TPSA) is 8.17 Å². The number of nitrogens with zero attached hydrogens (tertiary/aromatic N) is 2. The minimum Gasteiger partial charge on any atom is -0.311 e. The normalized spacial score (nSPS) is 12.5. The second-order valence-corrected chi connectivity index (χ2v) is 18.1. The smallest absolute Gasteiger partial charge is 0.0714 e. The average molecular weight is 879 g/mol. The van der Waals surface area contributed by atoms with Gasteiger partial charge in [0.1, 0.15) is 0 Å². The lowest BCUT2D eigenvalue weighted by molar-refractivity contribution is 0.769. The van der Waals surface area contributed by atoms with Crippen molar-refractivity contribution in [2.24, 2.45) is 0 Å². The molecule has 11 aromatic carbocycles. The molecule has 2 nitrogen and oxygen atoms in total. The molecular weight excluding hydrogens is 833 g/mol. The fourth-order valence-electron chi connectivity index (χ4n) is 11.1. The van der Waals surface area contributed by atoms with Gasteiger partial charge in [-0.15, -0.1) is 0 Å². The predicted octanol–water partition coefficient (Wildman–Crippen LogP) is 17.6. The van der Waals surface area contributed by atoms with Gasteiger partial charge in [-0.3, -0.25) is 0 Å². The number of para-hydroxylation sites is 1. The van der Waals surface area contributed by atoms with E-state index in [1.165, 1.54) is 88.6 Å². The first-order valence-corrected chi connectivity index (χ1v) is 23.8. The van der Waals surface area contributed by atoms with Crippen LogP contribution in [0.2, 0.25) is 0 Å². The van der Waals surface area contributed by atoms with Crippen LogP contribution in [0.5, 0.6) is 0 Å². The van der Waals surface area contributed by atoms with E-state index in [4.69, 9.17) is 0 Å². The third kappa shape index (κ3) is 6.72. The van der Waals surface area contributed by atoms with Crippen LogP contribution in [-0.4, -0.2) is 4.57 Å². The number of benzene rings is 11. The van der Waals surface area contributed by atoms with Gasteiger partial charge in [0.2, 0.25) is 0 Å². The van der Waals surface area contributed by atoms with Crippen molar-refractivity contribution in [2.75, 3.05) is 4.90 Å². The Morgan fingerprint density at radius 2 is 0.696 bits per heavy atom. The summed E-state index contributed by atoms with van der Waals surface area (Å²) >= 11 is 0. The van der Waals surface area contributed by atoms with E-state index in [1.54, 1.807) is 0 Å². The highest BCUT2D eigenvalue weighted by atomic mass is 15.1. The lowest BCUT2D eigenvalue weighted by Crippen LogP contribution is -2.28. The van der Waals surface area contributed by atoms with Crippen molar-refractivity contribution >= 4 is 38.9 Å². The first-order valence-electron chi connectivity index (χ1n) is 23.8. The third-order valence-corrected chi connectivity index (χ3v) is 14.3. The van der Waals surface area contributed by atoms with Crippen molar-refractivity contribution in [3.05, 3.63) is 301 Å². The van der Waals surface area contributed by atoms with Crippen LogP contribution in [0.4, 0.5) is 17.1 Å². The monoisotopic (exact) mass is 878 g/mol. The molecule has 0 aliphatic heterocycles. The van der Waals surface area contributed by atoms with Gasteiger partial charge in [0, 0.05) is 33.5 Å². The summed E-state index contributed by atoms with van der Waals surface area (Å²) in [6.45, 7) is 0. The van der Waals surface area contributed by atoms with Crippen LogP contribution in [0.1, 0.15) is 22.3 Å². The van der Waals surface area contributed by atoms with Crippen LogP contribution >= 0.6 is 0 Å². The van der Waals surface area contributed by atoms with Gasteiger partial charge in [-0.1, -0.05) is 212 Å². The van der Waals surface area contributed by atoms with E-state index < -0.39 is 5.41 Å². The SMILES string of the molecule is c1ccc(-c2ccc(N(c3ccc(-c4ccccc4)cc3)c3ccc(-c4ccc5c(c4)c4ccc(C6(c7ccccc7)c7ccccc7-c7ccccc76)cc4n5-c4ccccc4)cc3)cc2)cc1. The number of rotatable bonds is 9. The molecule has 1 aliphatic carbocycles. The van der Waals surface area contributed by atoms with E-state index >= 15 is 0 Å². The molecule has 1 aliphatic rings. The summed E-state index contributed by atoms with van der Waals surface area (Å²) in [5.41, 5.74) is 21.2. The molecule has 1 heterocycles. The van der Waals surface area contributed by atoms with Crippen molar-refractivity contribution in [2.45, 2.75) is 5.41 Å². The number of hydrogen-bond donors (Lipinski definition) is 0. The third-order valence-electron chi connectivity index (χ3n) is 14.3. The first-order chi connectivity index (χ1) is 34.2. The Morgan fingerprint density at radius 3 is 1.22 bits per heavy atom. The Hall–Kier alpha value is -8.98. The molecule has 1 aromatic heterocycles. The lowest BCUT2D eigenvalue weighted by Gasteiger charge is -2.34. The standard InChI is InChI=1S/C67H46N2/c1-5-17-47(18-6-1)49-29-37-56(38-30-49)68(57-39-31-50(32-40-57)48-19-7-2-8-20-48)58-41-33-51(34-42-58)52-35-44-65-62(45-52)61-43-36-54(46-66(61)69(65)55-23-11-4-12-24-55)67(53-21-9-3-10-22-53)63-27-15-13-25-59(63)60-26-14-16-28-64(60)67/h1-46H. The molecule has 0 atom stereocenters. The molecule has 2 heteroatoms. The average Bonchev–Trinajstić information content (AvgIpc) is 3.92. The zero-order valence-corrected chi connectivity index (χ0v) is 38.0. The van der Waals surface area contributed by atoms with Gasteiger partial charge in [0.25, 0.3) is 0 Å². The van der Waals surface area contributed by atoms with Crippen LogP contribution in [-0.2, 0) is 5.41 Å². The molecule has 0 unspecified atom stereocenters. The van der Waals surface area contributed by atoms with Crippen LogP contribution < -0.4 is 4.90 Å². The van der Waals surface area contributed by atoms with Crippen molar-refractivity contribution in [1.82, 2.24) is 4.57 Å². The number of aromatic nitrogens is 1. The fraction of sp³-hybridized carbons (Fsp3) is 0.0149. The van der Waals surface area contributed by atoms with Gasteiger partial charge >= 0.3 is 0 Å². The van der Waals surface area contributed by atoms with E-state index in [0.29, 0.717) is 0 Å². The van der Waals surface area contributed by atoms with E-state index in [2.05, 4.69) is 289 Å². The quantitative estimate of drug-likeness (QED) is 0.140. The summed E-state index contributed by atoms with van der Waals surface area (Å²) in [5, 5.41) is 2.45. The van der Waals surface area contributed by atoms with Gasteiger partial charge in [-0.25, -0.2) is 0 Å². The van der Waals surface area contributed by atoms with Crippen LogP contribution in [0, 0.1) is 0 Å². The number of anilines is 3. The largest absolute Gasteiger partial charge is 0.311 e. The molecule has 12 aromatic rings. The predicted molar refractivity (Wildman–Crippen MR) is 289 cm³/mol. The summed E-state index contributed by atoms with van der Waals surface area (Å²) < 4.78 is 2.45. The van der Waals surface area contributed by atoms with Crippen LogP contribution in [0.25, 0.3) is 72.0 Å². The van der Waals surface area contributed by atoms with Gasteiger partial charge in [-0.2, -0.15) is 0 Å². The van der Waals surface area contributed by atoms with Crippen molar-refractivity contribution in [1.29, 1.82) is 0 Å². The van der Waals surface area contributed by atoms with Gasteiger partial charge in [0.15, 0.2) is 0 Å². The maximum atomic E-state index is 2.47. The fourth-order valence-corrected chi connectivity index (χ4v) is 11.1. The van der Waals surface area contributed by atoms with Gasteiger partial charge in [-0.05, 0) is 133 Å². The zero-order valence-electron chi connectivity index (χ0n) is 38.0. The Kier molecular flexibility index (Phi) is 9.77. The highest BCUT2D eigenvalue weighted by Crippen LogP contribution is 2.56. The second kappa shape index (κ2) is 16.7. The molecule has 0 N–H and O–H groups in total. The molecule has 0 bridgehead atoms. The Labute approximate surface area is 403 Å².